The molecule has 2 aromatic carbocycles. The number of aryl methyl sites for hydroxylation is 1. The summed E-state index contributed by atoms with van der Waals surface area (Å²) < 4.78 is 2.23. The minimum atomic E-state index is -0.228. The minimum Gasteiger partial charge on any atom is -0.338 e. The van der Waals surface area contributed by atoms with Crippen LogP contribution in [0.3, 0.4) is 0 Å². The van der Waals surface area contributed by atoms with Crippen LogP contribution in [0.25, 0.3) is 16.9 Å². The minimum absolute atomic E-state index is 0.126. The number of benzene rings is 2. The molecule has 3 heterocycles. The Bertz CT molecular complexity index is 1280. The highest BCUT2D eigenvalue weighted by Crippen LogP contribution is 2.41. The molecule has 0 unspecified atom stereocenters. The Labute approximate surface area is 190 Å². The maximum Gasteiger partial charge on any atom is 0.266 e. The maximum atomic E-state index is 11.4. The Kier molecular flexibility index (Phi) is 4.82. The monoisotopic (exact) mass is 530 g/mol. The van der Waals surface area contributed by atoms with Crippen LogP contribution >= 0.6 is 34.2 Å². The van der Waals surface area contributed by atoms with E-state index in [9.17, 15) is 4.79 Å². The first-order valence-electron chi connectivity index (χ1n) is 9.30. The highest BCUT2D eigenvalue weighted by molar-refractivity contribution is 14.1. The number of halogens is 2. The van der Waals surface area contributed by atoms with Crippen molar-refractivity contribution in [3.63, 3.8) is 0 Å². The first-order chi connectivity index (χ1) is 14.5. The molecule has 0 radical (unpaired) electrons. The average Bonchev–Trinajstić information content (AvgIpc) is 3.08. The second kappa shape index (κ2) is 7.51. The number of alkyl halides is 1. The molecular weight excluding hydrogens is 515 g/mol. The Morgan fingerprint density at radius 1 is 1.13 bits per heavy atom. The van der Waals surface area contributed by atoms with Gasteiger partial charge in [-0.2, -0.15) is 0 Å². The lowest BCUT2D eigenvalue weighted by molar-refractivity contribution is 0.842. The molecule has 7 nitrogen and oxygen atoms in total. The highest BCUT2D eigenvalue weighted by Gasteiger charge is 2.29. The van der Waals surface area contributed by atoms with Gasteiger partial charge in [-0.1, -0.05) is 40.3 Å². The van der Waals surface area contributed by atoms with Crippen LogP contribution in [0, 0.1) is 6.92 Å². The zero-order valence-electron chi connectivity index (χ0n) is 15.9. The number of nitrogens with zero attached hydrogens (tertiary/aromatic N) is 5. The molecule has 1 aliphatic rings. The molecule has 0 bridgehead atoms. The first-order valence-corrected chi connectivity index (χ1v) is 10.9. The van der Waals surface area contributed by atoms with E-state index in [2.05, 4.69) is 64.4 Å². The van der Waals surface area contributed by atoms with Gasteiger partial charge < -0.3 is 9.88 Å². The van der Waals surface area contributed by atoms with Crippen LogP contribution in [0.2, 0.25) is 5.02 Å². The normalized spacial score (nSPS) is 15.4. The second-order valence-corrected chi connectivity index (χ2v) is 8.94. The van der Waals surface area contributed by atoms with Crippen molar-refractivity contribution in [1.29, 1.82) is 0 Å². The zero-order valence-corrected chi connectivity index (χ0v) is 18.8. The molecule has 30 heavy (non-hydrogen) atoms. The van der Waals surface area contributed by atoms with Crippen molar-refractivity contribution in [2.24, 2.45) is 0 Å². The van der Waals surface area contributed by atoms with Crippen LogP contribution in [-0.2, 0) is 0 Å². The summed E-state index contributed by atoms with van der Waals surface area (Å²) >= 11 is 8.54. The quantitative estimate of drug-likeness (QED) is 0.303. The molecule has 0 aliphatic carbocycles. The van der Waals surface area contributed by atoms with Crippen LogP contribution in [0.1, 0.15) is 15.6 Å². The van der Waals surface area contributed by atoms with Gasteiger partial charge in [0.05, 0.1) is 27.2 Å². The average molecular weight is 531 g/mol. The fraction of sp³-hybridized carbons (Fsp3) is 0.143. The van der Waals surface area contributed by atoms with E-state index in [1.54, 1.807) is 6.20 Å². The summed E-state index contributed by atoms with van der Waals surface area (Å²) in [5.41, 5.74) is 4.41. The van der Waals surface area contributed by atoms with Gasteiger partial charge in [0.15, 0.2) is 5.82 Å². The Morgan fingerprint density at radius 2 is 1.93 bits per heavy atom. The lowest BCUT2D eigenvalue weighted by Gasteiger charge is -2.26. The molecule has 0 amide bonds. The Morgan fingerprint density at radius 3 is 2.67 bits per heavy atom. The molecule has 1 N–H and O–H groups in total. The number of rotatable bonds is 2. The summed E-state index contributed by atoms with van der Waals surface area (Å²) in [5.74, 6) is 1.75. The highest BCUT2D eigenvalue weighted by atomic mass is 127. The van der Waals surface area contributed by atoms with E-state index in [0.717, 1.165) is 40.8 Å². The standard InChI is InChI=1S/C21H16ClIN6O/c1-12-26-27-21-16(23)11-28(15-5-3-14(22)4-6-15)19-8-13(2-7-18(19)29(12)21)17-9-25-20(30)10-24-17/h2-10,16H,11H2,1H3,(H,25,30)/t16-/m1/s1. The molecular formula is C21H16ClIN6O. The third-order valence-electron chi connectivity index (χ3n) is 5.09. The number of hydrogen-bond acceptors (Lipinski definition) is 5. The fourth-order valence-corrected chi connectivity index (χ4v) is 4.60. The summed E-state index contributed by atoms with van der Waals surface area (Å²) in [6, 6.07) is 13.9. The lowest BCUT2D eigenvalue weighted by atomic mass is 10.1. The summed E-state index contributed by atoms with van der Waals surface area (Å²) in [7, 11) is 0. The van der Waals surface area contributed by atoms with Crippen molar-refractivity contribution in [2.75, 3.05) is 11.4 Å². The van der Waals surface area contributed by atoms with Crippen molar-refractivity contribution in [2.45, 2.75) is 10.8 Å². The third kappa shape index (κ3) is 3.29. The van der Waals surface area contributed by atoms with E-state index in [-0.39, 0.29) is 9.48 Å². The van der Waals surface area contributed by atoms with Crippen LogP contribution < -0.4 is 10.5 Å². The molecule has 1 atom stereocenters. The second-order valence-electron chi connectivity index (χ2n) is 7.00. The van der Waals surface area contributed by atoms with Gasteiger partial charge in [-0.05, 0) is 43.3 Å². The molecule has 0 saturated carbocycles. The number of nitrogens with one attached hydrogen (secondary N) is 1. The van der Waals surface area contributed by atoms with Crippen LogP contribution in [0.5, 0.6) is 0 Å². The number of aromatic amines is 1. The SMILES string of the molecule is Cc1nnc2n1-c1ccc(-c3c[nH]c(=O)cn3)cc1N(c1ccc(Cl)cc1)C[C@H]2I. The van der Waals surface area contributed by atoms with Crippen LogP contribution in [-0.4, -0.2) is 31.3 Å². The molecule has 2 aromatic heterocycles. The predicted octanol–water partition coefficient (Wildman–Crippen LogP) is 4.61. The lowest BCUT2D eigenvalue weighted by Crippen LogP contribution is -2.20. The summed E-state index contributed by atoms with van der Waals surface area (Å²) in [4.78, 5) is 20.7. The molecule has 150 valence electrons. The van der Waals surface area contributed by atoms with Gasteiger partial charge in [0.1, 0.15) is 5.82 Å². The van der Waals surface area contributed by atoms with E-state index >= 15 is 0 Å². The van der Waals surface area contributed by atoms with Crippen molar-refractivity contribution in [3.8, 4) is 16.9 Å². The predicted molar refractivity (Wildman–Crippen MR) is 125 cm³/mol. The number of fused-ring (bicyclic) bond motifs is 3. The van der Waals surface area contributed by atoms with E-state index in [4.69, 9.17) is 11.6 Å². The Balaban J connectivity index is 1.74. The van der Waals surface area contributed by atoms with Gasteiger partial charge in [0.2, 0.25) is 0 Å². The van der Waals surface area contributed by atoms with Crippen molar-refractivity contribution in [1.82, 2.24) is 24.7 Å². The molecule has 0 saturated heterocycles. The Hall–Kier alpha value is -2.72. The summed E-state index contributed by atoms with van der Waals surface area (Å²) in [6.45, 7) is 2.68. The number of aromatic nitrogens is 5. The van der Waals surface area contributed by atoms with Crippen LogP contribution in [0.15, 0.2) is 59.7 Å². The first kappa shape index (κ1) is 19.3. The van der Waals surface area contributed by atoms with Crippen LogP contribution in [0.4, 0.5) is 11.4 Å². The number of H-pyrrole nitrogens is 1. The van der Waals surface area contributed by atoms with Gasteiger partial charge in [-0.25, -0.2) is 4.98 Å². The maximum absolute atomic E-state index is 11.4. The molecule has 4 aromatic rings. The topological polar surface area (TPSA) is 79.7 Å². The third-order valence-corrected chi connectivity index (χ3v) is 6.29. The molecule has 0 fully saturated rings. The molecule has 1 aliphatic heterocycles. The van der Waals surface area contributed by atoms with E-state index in [1.165, 1.54) is 6.20 Å². The zero-order chi connectivity index (χ0) is 20.8. The van der Waals surface area contributed by atoms with Crippen molar-refractivity contribution >= 4 is 45.6 Å². The van der Waals surface area contributed by atoms with Crippen molar-refractivity contribution < 1.29 is 0 Å². The van der Waals surface area contributed by atoms with E-state index in [1.807, 2.05) is 37.3 Å². The van der Waals surface area contributed by atoms with Gasteiger partial charge >= 0.3 is 0 Å². The van der Waals surface area contributed by atoms with Gasteiger partial charge in [0.25, 0.3) is 5.56 Å². The molecule has 5 rings (SSSR count). The summed E-state index contributed by atoms with van der Waals surface area (Å²) in [6.07, 6.45) is 2.92. The number of hydrogen-bond donors (Lipinski definition) is 1. The van der Waals surface area contributed by atoms with E-state index in [0.29, 0.717) is 10.7 Å². The molecule has 0 spiro atoms. The molecule has 9 heteroatoms. The fourth-order valence-electron chi connectivity index (χ4n) is 3.67. The van der Waals surface area contributed by atoms with E-state index < -0.39 is 0 Å². The largest absolute Gasteiger partial charge is 0.338 e. The summed E-state index contributed by atoms with van der Waals surface area (Å²) in [5, 5.41) is 9.44. The van der Waals surface area contributed by atoms with Gasteiger partial charge in [-0.3, -0.25) is 9.36 Å². The van der Waals surface area contributed by atoms with Gasteiger partial charge in [0, 0.05) is 29.0 Å². The smallest absolute Gasteiger partial charge is 0.266 e. The number of anilines is 2. The van der Waals surface area contributed by atoms with Crippen molar-refractivity contribution in [3.05, 3.63) is 81.9 Å². The van der Waals surface area contributed by atoms with Gasteiger partial charge in [-0.15, -0.1) is 10.2 Å².